The molecule has 1 unspecified atom stereocenters. The van der Waals surface area contributed by atoms with Gasteiger partial charge in [0.25, 0.3) is 5.56 Å². The summed E-state index contributed by atoms with van der Waals surface area (Å²) < 4.78 is 2.45. The molecule has 0 spiro atoms. The van der Waals surface area contributed by atoms with Gasteiger partial charge in [0.05, 0.1) is 0 Å². The Kier molecular flexibility index (Phi) is 3.18. The highest BCUT2D eigenvalue weighted by atomic mass is 79.9. The first-order valence-electron chi connectivity index (χ1n) is 6.11. The molecular weight excluding hydrogens is 294 g/mol. The molecule has 4 nitrogen and oxygen atoms in total. The topological polar surface area (TPSA) is 46.4 Å². The zero-order valence-electron chi connectivity index (χ0n) is 9.90. The summed E-state index contributed by atoms with van der Waals surface area (Å²) >= 11 is 3.36. The smallest absolute Gasteiger partial charge is 0.258 e. The maximum absolute atomic E-state index is 12.0. The van der Waals surface area contributed by atoms with Gasteiger partial charge >= 0.3 is 0 Å². The van der Waals surface area contributed by atoms with Crippen molar-refractivity contribution in [2.45, 2.75) is 12.8 Å². The van der Waals surface area contributed by atoms with Crippen molar-refractivity contribution in [2.75, 3.05) is 13.1 Å². The van der Waals surface area contributed by atoms with Crippen LogP contribution in [-0.4, -0.2) is 22.5 Å². The number of rotatable bonds is 2. The summed E-state index contributed by atoms with van der Waals surface area (Å²) in [7, 11) is 0. The molecule has 1 N–H and O–H groups in total. The van der Waals surface area contributed by atoms with Crippen LogP contribution in [-0.2, 0) is 6.42 Å². The third kappa shape index (κ3) is 2.33. The summed E-state index contributed by atoms with van der Waals surface area (Å²) in [6, 6.07) is 5.42. The zero-order valence-corrected chi connectivity index (χ0v) is 11.5. The normalized spacial score (nSPS) is 19.5. The van der Waals surface area contributed by atoms with E-state index in [4.69, 9.17) is 0 Å². The molecule has 1 aliphatic rings. The van der Waals surface area contributed by atoms with E-state index < -0.39 is 0 Å². The predicted molar refractivity (Wildman–Crippen MR) is 73.8 cm³/mol. The van der Waals surface area contributed by atoms with E-state index >= 15 is 0 Å². The summed E-state index contributed by atoms with van der Waals surface area (Å²) in [5.74, 6) is 0.606. The van der Waals surface area contributed by atoms with E-state index in [1.54, 1.807) is 16.7 Å². The molecule has 2 aromatic rings. The molecule has 1 aliphatic heterocycles. The van der Waals surface area contributed by atoms with Crippen molar-refractivity contribution in [1.29, 1.82) is 0 Å². The van der Waals surface area contributed by atoms with Crippen molar-refractivity contribution in [3.63, 3.8) is 0 Å². The van der Waals surface area contributed by atoms with E-state index in [2.05, 4.69) is 26.2 Å². The Morgan fingerprint density at radius 2 is 2.39 bits per heavy atom. The van der Waals surface area contributed by atoms with Gasteiger partial charge in [0.2, 0.25) is 0 Å². The monoisotopic (exact) mass is 307 g/mol. The van der Waals surface area contributed by atoms with Crippen LogP contribution in [0.15, 0.2) is 33.7 Å². The molecule has 18 heavy (non-hydrogen) atoms. The summed E-state index contributed by atoms with van der Waals surface area (Å²) in [5, 5.41) is 3.33. The SMILES string of the molecule is O=c1cc(CC2CCNC2)nc2ccc(Br)cn12. The molecule has 1 atom stereocenters. The average molecular weight is 308 g/mol. The maximum Gasteiger partial charge on any atom is 0.258 e. The minimum absolute atomic E-state index is 0.0118. The Morgan fingerprint density at radius 3 is 3.17 bits per heavy atom. The fraction of sp³-hybridized carbons (Fsp3) is 0.385. The minimum Gasteiger partial charge on any atom is -0.316 e. The number of nitrogens with zero attached hydrogens (tertiary/aromatic N) is 2. The molecule has 1 saturated heterocycles. The molecule has 3 heterocycles. The van der Waals surface area contributed by atoms with Gasteiger partial charge in [0.15, 0.2) is 0 Å². The predicted octanol–water partition coefficient (Wildman–Crippen LogP) is 1.61. The van der Waals surface area contributed by atoms with Crippen molar-refractivity contribution < 1.29 is 0 Å². The van der Waals surface area contributed by atoms with E-state index in [1.807, 2.05) is 12.1 Å². The molecule has 5 heteroatoms. The number of nitrogens with one attached hydrogen (secondary N) is 1. The van der Waals surface area contributed by atoms with Crippen molar-refractivity contribution in [1.82, 2.24) is 14.7 Å². The number of halogens is 1. The first-order chi connectivity index (χ1) is 8.72. The van der Waals surface area contributed by atoms with Crippen molar-refractivity contribution in [3.05, 3.63) is 44.9 Å². The van der Waals surface area contributed by atoms with Gasteiger partial charge in [-0.1, -0.05) is 0 Å². The van der Waals surface area contributed by atoms with Crippen LogP contribution in [0.3, 0.4) is 0 Å². The van der Waals surface area contributed by atoms with Crippen LogP contribution in [0.5, 0.6) is 0 Å². The summed E-state index contributed by atoms with van der Waals surface area (Å²) in [6.45, 7) is 2.10. The van der Waals surface area contributed by atoms with Crippen molar-refractivity contribution in [2.24, 2.45) is 5.92 Å². The van der Waals surface area contributed by atoms with E-state index in [0.717, 1.165) is 29.7 Å². The van der Waals surface area contributed by atoms with Crippen LogP contribution < -0.4 is 10.9 Å². The van der Waals surface area contributed by atoms with E-state index in [-0.39, 0.29) is 5.56 Å². The lowest BCUT2D eigenvalue weighted by atomic mass is 10.0. The van der Waals surface area contributed by atoms with Crippen molar-refractivity contribution >= 4 is 21.6 Å². The third-order valence-electron chi connectivity index (χ3n) is 3.34. The minimum atomic E-state index is -0.0118. The molecule has 0 bridgehead atoms. The molecule has 3 rings (SSSR count). The van der Waals surface area contributed by atoms with Crippen LogP contribution in [0.25, 0.3) is 5.65 Å². The molecular formula is C13H14BrN3O. The van der Waals surface area contributed by atoms with Gasteiger partial charge in [0.1, 0.15) is 5.65 Å². The van der Waals surface area contributed by atoms with E-state index in [9.17, 15) is 4.79 Å². The second kappa shape index (κ2) is 4.82. The van der Waals surface area contributed by atoms with Crippen LogP contribution in [0.2, 0.25) is 0 Å². The number of hydrogen-bond donors (Lipinski definition) is 1. The van der Waals surface area contributed by atoms with Gasteiger partial charge in [-0.25, -0.2) is 4.98 Å². The van der Waals surface area contributed by atoms with Crippen LogP contribution >= 0.6 is 15.9 Å². The fourth-order valence-electron chi connectivity index (χ4n) is 2.42. The Morgan fingerprint density at radius 1 is 1.50 bits per heavy atom. The van der Waals surface area contributed by atoms with Crippen LogP contribution in [0, 0.1) is 5.92 Å². The third-order valence-corrected chi connectivity index (χ3v) is 3.81. The average Bonchev–Trinajstić information content (AvgIpc) is 2.83. The summed E-state index contributed by atoms with van der Waals surface area (Å²) in [5.41, 5.74) is 1.60. The molecule has 2 aromatic heterocycles. The molecule has 0 amide bonds. The van der Waals surface area contributed by atoms with Gasteiger partial charge in [-0.05, 0) is 59.9 Å². The Labute approximate surface area is 113 Å². The lowest BCUT2D eigenvalue weighted by Gasteiger charge is -2.08. The molecule has 0 saturated carbocycles. The second-order valence-electron chi connectivity index (χ2n) is 4.72. The summed E-state index contributed by atoms with van der Waals surface area (Å²) in [6.07, 6.45) is 3.81. The standard InChI is InChI=1S/C13H14BrN3O/c14-10-1-2-12-16-11(5-9-3-4-15-7-9)6-13(18)17(12)8-10/h1-2,6,8-9,15H,3-5,7H2. The highest BCUT2D eigenvalue weighted by Crippen LogP contribution is 2.14. The number of hydrogen-bond acceptors (Lipinski definition) is 3. The maximum atomic E-state index is 12.0. The van der Waals surface area contributed by atoms with E-state index in [0.29, 0.717) is 11.6 Å². The Balaban J connectivity index is 1.99. The van der Waals surface area contributed by atoms with Crippen LogP contribution in [0.4, 0.5) is 0 Å². The molecule has 0 aromatic carbocycles. The molecule has 0 aliphatic carbocycles. The van der Waals surface area contributed by atoms with Crippen LogP contribution in [0.1, 0.15) is 12.1 Å². The first-order valence-corrected chi connectivity index (χ1v) is 6.90. The van der Waals surface area contributed by atoms with Crippen molar-refractivity contribution in [3.8, 4) is 0 Å². The quantitative estimate of drug-likeness (QED) is 0.917. The lowest BCUT2D eigenvalue weighted by molar-refractivity contribution is 0.571. The number of fused-ring (bicyclic) bond motifs is 1. The largest absolute Gasteiger partial charge is 0.316 e. The number of pyridine rings is 1. The van der Waals surface area contributed by atoms with Gasteiger partial charge in [-0.15, -0.1) is 0 Å². The Bertz CT molecular complexity index is 632. The molecule has 0 radical (unpaired) electrons. The molecule has 1 fully saturated rings. The van der Waals surface area contributed by atoms with Gasteiger partial charge in [0, 0.05) is 22.4 Å². The second-order valence-corrected chi connectivity index (χ2v) is 5.64. The number of aromatic nitrogens is 2. The fourth-order valence-corrected chi connectivity index (χ4v) is 2.75. The highest BCUT2D eigenvalue weighted by Gasteiger charge is 2.16. The van der Waals surface area contributed by atoms with Gasteiger partial charge in [-0.3, -0.25) is 9.20 Å². The Hall–Kier alpha value is -1.20. The van der Waals surface area contributed by atoms with Gasteiger partial charge in [-0.2, -0.15) is 0 Å². The lowest BCUT2D eigenvalue weighted by Crippen LogP contribution is -2.18. The first kappa shape index (κ1) is 11.9. The highest BCUT2D eigenvalue weighted by molar-refractivity contribution is 9.10. The summed E-state index contributed by atoms with van der Waals surface area (Å²) in [4.78, 5) is 16.6. The molecule has 94 valence electrons. The zero-order chi connectivity index (χ0) is 12.5. The van der Waals surface area contributed by atoms with Gasteiger partial charge < -0.3 is 5.32 Å². The van der Waals surface area contributed by atoms with E-state index in [1.165, 1.54) is 6.42 Å².